The summed E-state index contributed by atoms with van der Waals surface area (Å²) in [5, 5.41) is 36.8. The predicted molar refractivity (Wildman–Crippen MR) is 293 cm³/mol. The van der Waals surface area contributed by atoms with E-state index < -0.39 is 18.1 Å². The van der Waals surface area contributed by atoms with E-state index in [0.29, 0.717) is 53.0 Å². The number of para-hydroxylation sites is 1. The number of carbonyl (C=O) groups excluding carboxylic acids is 2. The standard InChI is InChI=1S/C58H61N11O8S/c1-33(2)54(58(73)68-31-42(70)23-49(68)57(72)63-34(3)36-11-13-37(14-12-36)55-35(4)62-32-78-55)51-27-53(66-77-51)74-21-7-8-38-15-18-43(28-61-38)75-44-24-45(25-44)76-52-22-39(19-20-60-52)69-40-16-17-41(69)30-67(29-40)48-26-47(64-65-56(48)59)46-9-5-6-10-50(46)71/h5-6,9-15,18-20,22,26-28,32-34,40-42,44-45,49,54,70-71H,16-17,21,23-25,29-31H2,1-4H3,(H2,59,65)(H,63,72)/t34-,40?,41?,42+,44?,45?,49-,54-/m0/s1. The van der Waals surface area contributed by atoms with Gasteiger partial charge in [-0.3, -0.25) is 9.59 Å². The summed E-state index contributed by atoms with van der Waals surface area (Å²) < 4.78 is 24.0. The molecule has 1 saturated carbocycles. The minimum atomic E-state index is -0.860. The smallest absolute Gasteiger partial charge is 0.255 e. The van der Waals surface area contributed by atoms with Gasteiger partial charge in [-0.2, -0.15) is 0 Å². The van der Waals surface area contributed by atoms with Gasteiger partial charge in [-0.25, -0.2) is 15.0 Å². The molecule has 5 N–H and O–H groups in total. The van der Waals surface area contributed by atoms with Gasteiger partial charge in [-0.1, -0.05) is 56.2 Å². The van der Waals surface area contributed by atoms with Crippen molar-refractivity contribution in [3.63, 3.8) is 0 Å². The van der Waals surface area contributed by atoms with Crippen LogP contribution in [0.2, 0.25) is 0 Å². The normalized spacial score (nSPS) is 21.3. The van der Waals surface area contributed by atoms with Gasteiger partial charge in [0.25, 0.3) is 5.88 Å². The number of pyridine rings is 2. The van der Waals surface area contributed by atoms with Gasteiger partial charge >= 0.3 is 0 Å². The van der Waals surface area contributed by atoms with Crippen LogP contribution in [0.25, 0.3) is 21.7 Å². The molecule has 4 aliphatic rings. The Hall–Kier alpha value is -8.28. The Kier molecular flexibility index (Phi) is 14.9. The number of thiazole rings is 1. The SMILES string of the molecule is Cc1ncsc1-c1ccc([C@H](C)NC(=O)[C@@H]2C[C@@H](O)CN2C(=O)[C@H](c2cc(OCC#Cc3ccc(OC4CC(Oc5cc(N6C7CCC6CN(c6cc(-c8ccccc8O)nnc6N)C7)ccn5)C4)cn3)no2)C(C)C)cc1. The average Bonchev–Trinajstić information content (AvgIpc) is 4.28. The molecule has 7 aromatic rings. The van der Waals surface area contributed by atoms with Crippen LogP contribution in [0.1, 0.15) is 87.5 Å². The lowest BCUT2D eigenvalue weighted by Gasteiger charge is -2.43. The van der Waals surface area contributed by atoms with Crippen LogP contribution in [-0.4, -0.2) is 120 Å². The quantitative estimate of drug-likeness (QED) is 0.0685. The summed E-state index contributed by atoms with van der Waals surface area (Å²) in [7, 11) is 0. The molecule has 2 unspecified atom stereocenters. The summed E-state index contributed by atoms with van der Waals surface area (Å²) in [6.45, 7) is 9.20. The van der Waals surface area contributed by atoms with E-state index in [1.54, 1.807) is 41.8 Å². The molecule has 3 saturated heterocycles. The molecule has 78 heavy (non-hydrogen) atoms. The zero-order valence-corrected chi connectivity index (χ0v) is 44.5. The van der Waals surface area contributed by atoms with Crippen LogP contribution in [-0.2, 0) is 9.59 Å². The first-order chi connectivity index (χ1) is 37.8. The Bertz CT molecular complexity index is 3320. The number of nitrogens with two attached hydrogens (primary N) is 1. The monoisotopic (exact) mass is 1070 g/mol. The van der Waals surface area contributed by atoms with E-state index in [0.717, 1.165) is 59.0 Å². The second-order valence-corrected chi connectivity index (χ2v) is 21.6. The number of aromatic hydroxyl groups is 1. The number of hydrogen-bond acceptors (Lipinski definition) is 18. The molecule has 2 amide bonds. The number of hydrogen-bond donors (Lipinski definition) is 4. The van der Waals surface area contributed by atoms with Crippen molar-refractivity contribution in [3.8, 4) is 56.8 Å². The molecule has 2 aromatic carbocycles. The number of aromatic nitrogens is 6. The molecule has 5 aromatic heterocycles. The molecule has 6 atom stereocenters. The van der Waals surface area contributed by atoms with Gasteiger partial charge in [0, 0.05) is 80.6 Å². The van der Waals surface area contributed by atoms with Crippen molar-refractivity contribution in [3.05, 3.63) is 126 Å². The van der Waals surface area contributed by atoms with Gasteiger partial charge in [0.15, 0.2) is 18.2 Å². The lowest BCUT2D eigenvalue weighted by atomic mass is 9.91. The van der Waals surface area contributed by atoms with Crippen molar-refractivity contribution in [1.29, 1.82) is 0 Å². The van der Waals surface area contributed by atoms with E-state index >= 15 is 0 Å². The number of benzene rings is 2. The van der Waals surface area contributed by atoms with Crippen LogP contribution in [0.4, 0.5) is 17.2 Å². The third kappa shape index (κ3) is 11.1. The first-order valence-corrected chi connectivity index (χ1v) is 27.3. The number of phenolic OH excluding ortho intramolecular Hbond substituents is 1. The maximum absolute atomic E-state index is 14.2. The van der Waals surface area contributed by atoms with Crippen molar-refractivity contribution in [2.75, 3.05) is 41.8 Å². The Balaban J connectivity index is 0.627. The lowest BCUT2D eigenvalue weighted by Crippen LogP contribution is -2.54. The molecule has 4 fully saturated rings. The fourth-order valence-electron chi connectivity index (χ4n) is 11.0. The highest BCUT2D eigenvalue weighted by Crippen LogP contribution is 2.41. The summed E-state index contributed by atoms with van der Waals surface area (Å²) in [5.41, 5.74) is 14.8. The number of β-amino-alcohol motifs (C(OH)–C–C–N with tert-alkyl or cyclic N) is 1. The fraction of sp³-hybridized carbons (Fsp3) is 0.379. The van der Waals surface area contributed by atoms with E-state index in [1.165, 1.54) is 4.90 Å². The number of anilines is 3. The number of phenols is 1. The Morgan fingerprint density at radius 2 is 1.68 bits per heavy atom. The number of likely N-dealkylation sites (tertiary alicyclic amines) is 1. The Labute approximate surface area is 455 Å². The molecule has 0 spiro atoms. The summed E-state index contributed by atoms with van der Waals surface area (Å²) in [5.74, 6) is 6.46. The number of ether oxygens (including phenoxy) is 3. The molecule has 2 bridgehead atoms. The van der Waals surface area contributed by atoms with E-state index in [1.807, 2.05) is 100 Å². The number of rotatable bonds is 16. The number of aryl methyl sites for hydroxylation is 1. The summed E-state index contributed by atoms with van der Waals surface area (Å²) in [6.07, 6.45) is 6.18. The van der Waals surface area contributed by atoms with Crippen LogP contribution < -0.4 is 35.1 Å². The third-order valence-corrected chi connectivity index (χ3v) is 16.1. The first kappa shape index (κ1) is 51.8. The molecule has 402 valence electrons. The number of nitrogens with zero attached hydrogens (tertiary/aromatic N) is 9. The van der Waals surface area contributed by atoms with Gasteiger partial charge in [0.05, 0.1) is 45.8 Å². The number of carbonyl (C=O) groups is 2. The van der Waals surface area contributed by atoms with Gasteiger partial charge < -0.3 is 54.7 Å². The van der Waals surface area contributed by atoms with Gasteiger partial charge in [0.2, 0.25) is 17.7 Å². The minimum absolute atomic E-state index is 0.0129. The molecular formula is C58H61N11O8S. The van der Waals surface area contributed by atoms with Gasteiger partial charge in [-0.05, 0) is 91.2 Å². The zero-order chi connectivity index (χ0) is 54.0. The largest absolute Gasteiger partial charge is 0.507 e. The van der Waals surface area contributed by atoms with E-state index in [-0.39, 0.29) is 79.3 Å². The van der Waals surface area contributed by atoms with Crippen molar-refractivity contribution in [2.45, 2.75) is 108 Å². The third-order valence-electron chi connectivity index (χ3n) is 15.1. The number of aliphatic hydroxyl groups is 1. The van der Waals surface area contributed by atoms with Crippen LogP contribution in [0.3, 0.4) is 0 Å². The second-order valence-electron chi connectivity index (χ2n) is 20.8. The highest BCUT2D eigenvalue weighted by atomic mass is 32.1. The van der Waals surface area contributed by atoms with Crippen LogP contribution in [0.5, 0.6) is 23.3 Å². The Morgan fingerprint density at radius 1 is 0.897 bits per heavy atom. The van der Waals surface area contributed by atoms with Crippen molar-refractivity contribution in [2.24, 2.45) is 5.92 Å². The van der Waals surface area contributed by atoms with Crippen molar-refractivity contribution in [1.82, 2.24) is 40.5 Å². The van der Waals surface area contributed by atoms with E-state index in [9.17, 15) is 19.8 Å². The first-order valence-electron chi connectivity index (χ1n) is 26.4. The highest BCUT2D eigenvalue weighted by Gasteiger charge is 2.44. The van der Waals surface area contributed by atoms with Crippen LogP contribution in [0, 0.1) is 24.7 Å². The summed E-state index contributed by atoms with van der Waals surface area (Å²) in [4.78, 5) is 48.6. The van der Waals surface area contributed by atoms with Crippen LogP contribution >= 0.6 is 11.3 Å². The Morgan fingerprint density at radius 3 is 2.41 bits per heavy atom. The average molecular weight is 1070 g/mol. The highest BCUT2D eigenvalue weighted by molar-refractivity contribution is 7.13. The van der Waals surface area contributed by atoms with Gasteiger partial charge in [-0.15, -0.1) is 21.5 Å². The molecule has 1 aliphatic carbocycles. The molecule has 8 heterocycles. The predicted octanol–water partition coefficient (Wildman–Crippen LogP) is 7.50. The number of fused-ring (bicyclic) bond motifs is 2. The molecule has 0 radical (unpaired) electrons. The number of amides is 2. The fourth-order valence-corrected chi connectivity index (χ4v) is 11.9. The van der Waals surface area contributed by atoms with Crippen molar-refractivity contribution < 1.29 is 38.5 Å². The molecular weight excluding hydrogens is 1010 g/mol. The molecule has 11 rings (SSSR count). The number of nitrogen functional groups attached to an aromatic ring is 1. The topological polar surface area (TPSA) is 241 Å². The molecule has 3 aliphatic heterocycles. The lowest BCUT2D eigenvalue weighted by molar-refractivity contribution is -0.141. The van der Waals surface area contributed by atoms with Gasteiger partial charge in [0.1, 0.15) is 41.4 Å². The number of piperazine rings is 1. The number of nitrogens with one attached hydrogen (secondary N) is 1. The minimum Gasteiger partial charge on any atom is -0.507 e. The zero-order valence-electron chi connectivity index (χ0n) is 43.7. The molecule has 20 heteroatoms. The summed E-state index contributed by atoms with van der Waals surface area (Å²) >= 11 is 1.58. The summed E-state index contributed by atoms with van der Waals surface area (Å²) in [6, 6.07) is 25.6. The van der Waals surface area contributed by atoms with Crippen LogP contribution in [0.15, 0.2) is 107 Å². The van der Waals surface area contributed by atoms with Crippen molar-refractivity contribution >= 4 is 40.3 Å². The second kappa shape index (κ2) is 22.4. The molecule has 19 nitrogen and oxygen atoms in total. The number of aliphatic hydroxyl groups excluding tert-OH is 1. The maximum Gasteiger partial charge on any atom is 0.255 e. The maximum atomic E-state index is 14.2. The van der Waals surface area contributed by atoms with E-state index in [2.05, 4.69) is 57.3 Å². The van der Waals surface area contributed by atoms with E-state index in [4.69, 9.17) is 24.5 Å².